The van der Waals surface area contributed by atoms with Gasteiger partial charge < -0.3 is 16.0 Å². The van der Waals surface area contributed by atoms with Crippen molar-refractivity contribution in [2.45, 2.75) is 25.9 Å². The fraction of sp³-hybridized carbons (Fsp3) is 0.476. The second kappa shape index (κ2) is 7.74. The molecule has 0 saturated carbocycles. The number of likely N-dealkylation sites (N-methyl/N-ethyl adjacent to an activating group) is 1. The van der Waals surface area contributed by atoms with Gasteiger partial charge in [-0.05, 0) is 49.7 Å². The van der Waals surface area contributed by atoms with Gasteiger partial charge in [0, 0.05) is 49.5 Å². The van der Waals surface area contributed by atoms with Gasteiger partial charge in [0.25, 0.3) is 5.91 Å². The summed E-state index contributed by atoms with van der Waals surface area (Å²) in [6, 6.07) is 7.90. The van der Waals surface area contributed by atoms with E-state index in [2.05, 4.69) is 29.1 Å². The number of benzene rings is 1. The van der Waals surface area contributed by atoms with Crippen LogP contribution in [0, 0.1) is 5.92 Å². The van der Waals surface area contributed by atoms with Gasteiger partial charge >= 0.3 is 0 Å². The number of carbonyl (C=O) groups is 1. The molecule has 0 aromatic heterocycles. The second-order valence-corrected chi connectivity index (χ2v) is 7.84. The summed E-state index contributed by atoms with van der Waals surface area (Å²) < 4.78 is 0. The lowest BCUT2D eigenvalue weighted by molar-refractivity contribution is 0.0966. The number of allylic oxidation sites excluding steroid dienone is 1. The van der Waals surface area contributed by atoms with Crippen molar-refractivity contribution < 1.29 is 4.79 Å². The first-order valence-corrected chi connectivity index (χ1v) is 9.34. The minimum Gasteiger partial charge on any atom is -0.322 e. The molecule has 3 N–H and O–H groups in total. The summed E-state index contributed by atoms with van der Waals surface area (Å²) in [5.41, 5.74) is 8.49. The molecule has 0 spiro atoms. The maximum absolute atomic E-state index is 12.5. The lowest BCUT2D eigenvalue weighted by Gasteiger charge is -2.32. The largest absolute Gasteiger partial charge is 0.322 e. The Morgan fingerprint density at radius 2 is 1.88 bits per heavy atom. The van der Waals surface area contributed by atoms with Gasteiger partial charge in [0.2, 0.25) is 0 Å². The van der Waals surface area contributed by atoms with Crippen LogP contribution in [0.4, 0.5) is 0 Å². The minimum absolute atomic E-state index is 0.0996. The van der Waals surface area contributed by atoms with E-state index >= 15 is 0 Å². The Balaban J connectivity index is 1.58. The molecule has 1 unspecified atom stereocenters. The van der Waals surface area contributed by atoms with Crippen molar-refractivity contribution in [3.8, 4) is 0 Å². The molecule has 1 amide bonds. The molecule has 5 nitrogen and oxygen atoms in total. The summed E-state index contributed by atoms with van der Waals surface area (Å²) in [6.07, 6.45) is 5.89. The van der Waals surface area contributed by atoms with Crippen LogP contribution in [0.5, 0.6) is 0 Å². The van der Waals surface area contributed by atoms with Crippen molar-refractivity contribution in [3.05, 3.63) is 59.3 Å². The summed E-state index contributed by atoms with van der Waals surface area (Å²) in [5.74, 6) is 0.148. The highest BCUT2D eigenvalue weighted by Gasteiger charge is 2.25. The Hall–Kier alpha value is -1.95. The number of rotatable bonds is 4. The van der Waals surface area contributed by atoms with Crippen molar-refractivity contribution in [1.82, 2.24) is 15.1 Å². The monoisotopic (exact) mass is 354 g/mol. The van der Waals surface area contributed by atoms with Crippen molar-refractivity contribution in [1.29, 1.82) is 0 Å². The Morgan fingerprint density at radius 1 is 1.23 bits per heavy atom. The highest BCUT2D eigenvalue weighted by molar-refractivity contribution is 5.95. The summed E-state index contributed by atoms with van der Waals surface area (Å²) >= 11 is 0. The molecule has 1 aliphatic heterocycles. The van der Waals surface area contributed by atoms with Gasteiger partial charge in [-0.1, -0.05) is 25.1 Å². The van der Waals surface area contributed by atoms with Crippen LogP contribution in [0.25, 0.3) is 0 Å². The number of amides is 1. The Kier molecular flexibility index (Phi) is 5.61. The molecular weight excluding hydrogens is 324 g/mol. The van der Waals surface area contributed by atoms with Gasteiger partial charge in [-0.15, -0.1) is 0 Å². The molecule has 26 heavy (non-hydrogen) atoms. The first-order valence-electron chi connectivity index (χ1n) is 9.34. The number of hydrogen-bond donors (Lipinski definition) is 2. The maximum atomic E-state index is 12.5. The molecule has 1 aromatic rings. The molecule has 5 heteroatoms. The molecule has 3 rings (SSSR count). The van der Waals surface area contributed by atoms with Gasteiger partial charge in [0.05, 0.1) is 0 Å². The van der Waals surface area contributed by atoms with Crippen LogP contribution in [0.1, 0.15) is 29.8 Å². The zero-order valence-corrected chi connectivity index (χ0v) is 16.0. The van der Waals surface area contributed by atoms with Crippen LogP contribution in [0.2, 0.25) is 0 Å². The molecule has 1 heterocycles. The first-order chi connectivity index (χ1) is 12.3. The van der Waals surface area contributed by atoms with E-state index in [9.17, 15) is 4.79 Å². The molecule has 0 radical (unpaired) electrons. The van der Waals surface area contributed by atoms with Crippen molar-refractivity contribution in [3.63, 3.8) is 0 Å². The van der Waals surface area contributed by atoms with E-state index in [1.165, 1.54) is 5.56 Å². The van der Waals surface area contributed by atoms with E-state index in [4.69, 9.17) is 5.73 Å². The summed E-state index contributed by atoms with van der Waals surface area (Å²) in [5, 5.41) is 2.96. The van der Waals surface area contributed by atoms with E-state index < -0.39 is 5.54 Å². The van der Waals surface area contributed by atoms with Crippen LogP contribution >= 0.6 is 0 Å². The molecule has 1 fully saturated rings. The van der Waals surface area contributed by atoms with Crippen LogP contribution < -0.4 is 11.1 Å². The Bertz CT molecular complexity index is 697. The standard InChI is InChI=1S/C21H30N4O/c1-16-4-9-19(14-21(16,2)22)23-20(26)18-7-5-17(6-8-18)15-25-12-10-24(3)11-13-25/h4-9,14,16H,10-13,15,22H2,1-3H3,(H,23,26)/t16?,21-/m0/s1. The molecule has 1 saturated heterocycles. The third-order valence-electron chi connectivity index (χ3n) is 5.49. The first kappa shape index (κ1) is 18.8. The number of carbonyl (C=O) groups excluding carboxylic acids is 1. The normalized spacial score (nSPS) is 27.2. The topological polar surface area (TPSA) is 61.6 Å². The van der Waals surface area contributed by atoms with E-state index in [0.717, 1.165) is 38.4 Å². The minimum atomic E-state index is -0.441. The highest BCUT2D eigenvalue weighted by atomic mass is 16.1. The number of nitrogens with one attached hydrogen (secondary N) is 1. The molecule has 1 aliphatic carbocycles. The van der Waals surface area contributed by atoms with E-state index in [-0.39, 0.29) is 11.8 Å². The highest BCUT2D eigenvalue weighted by Crippen LogP contribution is 2.23. The maximum Gasteiger partial charge on any atom is 0.255 e. The average molecular weight is 354 g/mol. The summed E-state index contributed by atoms with van der Waals surface area (Å²) in [7, 11) is 2.16. The van der Waals surface area contributed by atoms with Crippen LogP contribution in [-0.2, 0) is 6.54 Å². The lowest BCUT2D eigenvalue weighted by atomic mass is 9.83. The fourth-order valence-corrected chi connectivity index (χ4v) is 3.28. The van der Waals surface area contributed by atoms with Crippen molar-refractivity contribution in [2.75, 3.05) is 33.2 Å². The van der Waals surface area contributed by atoms with Crippen LogP contribution in [0.3, 0.4) is 0 Å². The third kappa shape index (κ3) is 4.61. The van der Waals surface area contributed by atoms with Gasteiger partial charge in [-0.3, -0.25) is 9.69 Å². The number of nitrogens with two attached hydrogens (primary N) is 1. The summed E-state index contributed by atoms with van der Waals surface area (Å²) in [4.78, 5) is 17.3. The van der Waals surface area contributed by atoms with Crippen LogP contribution in [-0.4, -0.2) is 54.5 Å². The van der Waals surface area contributed by atoms with Crippen LogP contribution in [0.15, 0.2) is 48.2 Å². The molecule has 2 aliphatic rings. The molecule has 140 valence electrons. The van der Waals surface area contributed by atoms with E-state index in [1.807, 2.05) is 49.4 Å². The van der Waals surface area contributed by atoms with E-state index in [0.29, 0.717) is 5.56 Å². The van der Waals surface area contributed by atoms with Gasteiger partial charge in [0.1, 0.15) is 0 Å². The summed E-state index contributed by atoms with van der Waals surface area (Å²) in [6.45, 7) is 9.40. The Labute approximate surface area is 156 Å². The molecular formula is C21H30N4O. The zero-order chi connectivity index (χ0) is 18.7. The third-order valence-corrected chi connectivity index (χ3v) is 5.49. The van der Waals surface area contributed by atoms with E-state index in [1.54, 1.807) is 0 Å². The van der Waals surface area contributed by atoms with Gasteiger partial charge in [-0.25, -0.2) is 0 Å². The predicted octanol–water partition coefficient (Wildman–Crippen LogP) is 1.97. The quantitative estimate of drug-likeness (QED) is 0.868. The smallest absolute Gasteiger partial charge is 0.255 e. The van der Waals surface area contributed by atoms with Gasteiger partial charge in [0.15, 0.2) is 0 Å². The van der Waals surface area contributed by atoms with Gasteiger partial charge in [-0.2, -0.15) is 0 Å². The molecule has 0 bridgehead atoms. The lowest BCUT2D eigenvalue weighted by Crippen LogP contribution is -2.43. The average Bonchev–Trinajstić information content (AvgIpc) is 2.60. The van der Waals surface area contributed by atoms with Crippen molar-refractivity contribution in [2.24, 2.45) is 11.7 Å². The number of hydrogen-bond acceptors (Lipinski definition) is 4. The predicted molar refractivity (Wildman–Crippen MR) is 106 cm³/mol. The number of piperazine rings is 1. The second-order valence-electron chi connectivity index (χ2n) is 7.84. The number of nitrogens with zero attached hydrogens (tertiary/aromatic N) is 2. The van der Waals surface area contributed by atoms with Crippen molar-refractivity contribution >= 4 is 5.91 Å². The molecule has 1 aromatic carbocycles. The zero-order valence-electron chi connectivity index (χ0n) is 16.0. The fourth-order valence-electron chi connectivity index (χ4n) is 3.28. The SMILES string of the molecule is CC1C=CC(NC(=O)c2ccc(CN3CCN(C)CC3)cc2)=C[C@]1(C)N. The Morgan fingerprint density at radius 3 is 2.50 bits per heavy atom. The molecule has 2 atom stereocenters.